The second-order valence-corrected chi connectivity index (χ2v) is 4.18. The molecule has 0 radical (unpaired) electrons. The van der Waals surface area contributed by atoms with Crippen molar-refractivity contribution in [1.82, 2.24) is 15.3 Å². The molecule has 2 aliphatic rings. The Morgan fingerprint density at radius 2 is 1.95 bits per heavy atom. The summed E-state index contributed by atoms with van der Waals surface area (Å²) in [5, 5.41) is 6.09. The van der Waals surface area contributed by atoms with Crippen LogP contribution in [0.25, 0.3) is 0 Å². The van der Waals surface area contributed by atoms with E-state index in [0.29, 0.717) is 6.42 Å². The number of hydrogen-bond donors (Lipinski definition) is 2. The van der Waals surface area contributed by atoms with Crippen LogP contribution >= 0.6 is 0 Å². The van der Waals surface area contributed by atoms with Crippen LogP contribution in [0, 0.1) is 6.92 Å². The zero-order valence-electron chi connectivity index (χ0n) is 12.5. The topological polar surface area (TPSA) is 66.9 Å². The second kappa shape index (κ2) is 6.50. The Morgan fingerprint density at radius 1 is 1.26 bits per heavy atom. The summed E-state index contributed by atoms with van der Waals surface area (Å²) in [6, 6.07) is 0. The monoisotopic (exact) mass is 264 g/mol. The summed E-state index contributed by atoms with van der Waals surface area (Å²) in [6.07, 6.45) is 3.33. The summed E-state index contributed by atoms with van der Waals surface area (Å²) in [4.78, 5) is 20.2. The molecule has 0 aliphatic carbocycles. The van der Waals surface area contributed by atoms with Gasteiger partial charge in [0, 0.05) is 24.7 Å². The number of amides is 1. The lowest BCUT2D eigenvalue weighted by molar-refractivity contribution is -0.122. The average Bonchev–Trinajstić information content (AvgIpc) is 2.98. The molecule has 5 nitrogen and oxygen atoms in total. The summed E-state index contributed by atoms with van der Waals surface area (Å²) in [5.74, 6) is 1.63. The van der Waals surface area contributed by atoms with Gasteiger partial charge in [0.15, 0.2) is 0 Å². The van der Waals surface area contributed by atoms with Gasteiger partial charge in [-0.1, -0.05) is 27.7 Å². The number of aromatic nitrogens is 2. The molecule has 1 aromatic rings. The Kier molecular flexibility index (Phi) is 5.27. The van der Waals surface area contributed by atoms with Gasteiger partial charge in [0.05, 0.1) is 0 Å². The van der Waals surface area contributed by atoms with Gasteiger partial charge in [-0.25, -0.2) is 9.97 Å². The minimum absolute atomic E-state index is 0.0816. The molecule has 1 fully saturated rings. The minimum atomic E-state index is -0.454. The fourth-order valence-corrected chi connectivity index (χ4v) is 2.29. The van der Waals surface area contributed by atoms with Crippen LogP contribution in [0.1, 0.15) is 45.5 Å². The number of anilines is 1. The third kappa shape index (κ3) is 2.85. The van der Waals surface area contributed by atoms with Crippen molar-refractivity contribution in [3.8, 4) is 0 Å². The lowest BCUT2D eigenvalue weighted by Crippen LogP contribution is -2.43. The van der Waals surface area contributed by atoms with Gasteiger partial charge in [0.2, 0.25) is 5.91 Å². The lowest BCUT2D eigenvalue weighted by Gasteiger charge is -2.19. The van der Waals surface area contributed by atoms with Gasteiger partial charge in [0.1, 0.15) is 17.2 Å². The molecule has 0 aromatic carbocycles. The van der Waals surface area contributed by atoms with E-state index in [1.807, 2.05) is 40.8 Å². The maximum Gasteiger partial charge on any atom is 0.246 e. The van der Waals surface area contributed by atoms with Crippen molar-refractivity contribution in [2.24, 2.45) is 0 Å². The number of carbonyl (C=O) groups excluding carboxylic acids is 1. The minimum Gasteiger partial charge on any atom is -0.355 e. The standard InChI is InChI=1S/C10H12N4O.2C2H6/c1-6-12-5-7-4-10(14-8(7)13-6)2-3-11-9(10)15;2*1-2/h5H,2-4H2,1H3,(H,11,15)(H,12,13,14);2*1-2H3. The number of carbonyl (C=O) groups is 1. The first kappa shape index (κ1) is 15.4. The molecule has 1 amide bonds. The number of nitrogens with zero attached hydrogens (tertiary/aromatic N) is 2. The number of fused-ring (bicyclic) bond motifs is 1. The smallest absolute Gasteiger partial charge is 0.246 e. The highest BCUT2D eigenvalue weighted by molar-refractivity contribution is 5.93. The molecule has 1 atom stereocenters. The van der Waals surface area contributed by atoms with Crippen LogP contribution in [-0.4, -0.2) is 28.0 Å². The van der Waals surface area contributed by atoms with Crippen LogP contribution in [0.2, 0.25) is 0 Å². The highest BCUT2D eigenvalue weighted by atomic mass is 16.2. The van der Waals surface area contributed by atoms with Gasteiger partial charge >= 0.3 is 0 Å². The molecular weight excluding hydrogens is 240 g/mol. The first-order valence-corrected chi connectivity index (χ1v) is 7.09. The van der Waals surface area contributed by atoms with Crippen molar-refractivity contribution in [2.45, 2.75) is 53.0 Å². The third-order valence-corrected chi connectivity index (χ3v) is 3.11. The Balaban J connectivity index is 0.000000415. The van der Waals surface area contributed by atoms with Crippen LogP contribution in [0.4, 0.5) is 5.82 Å². The van der Waals surface area contributed by atoms with E-state index < -0.39 is 5.54 Å². The van der Waals surface area contributed by atoms with E-state index in [4.69, 9.17) is 0 Å². The van der Waals surface area contributed by atoms with Crippen LogP contribution in [0.5, 0.6) is 0 Å². The van der Waals surface area contributed by atoms with E-state index in [0.717, 1.165) is 30.2 Å². The molecule has 5 heteroatoms. The average molecular weight is 264 g/mol. The number of aryl methyl sites for hydroxylation is 1. The number of nitrogens with one attached hydrogen (secondary N) is 2. The highest BCUT2D eigenvalue weighted by Crippen LogP contribution is 2.34. The summed E-state index contributed by atoms with van der Waals surface area (Å²) in [7, 11) is 0. The summed E-state index contributed by atoms with van der Waals surface area (Å²) >= 11 is 0. The quantitative estimate of drug-likeness (QED) is 0.752. The molecule has 1 aromatic heterocycles. The molecule has 3 rings (SSSR count). The Morgan fingerprint density at radius 3 is 2.53 bits per heavy atom. The summed E-state index contributed by atoms with van der Waals surface area (Å²) in [6.45, 7) is 10.6. The summed E-state index contributed by atoms with van der Waals surface area (Å²) < 4.78 is 0. The van der Waals surface area contributed by atoms with Crippen molar-refractivity contribution in [1.29, 1.82) is 0 Å². The lowest BCUT2D eigenvalue weighted by atomic mass is 9.94. The van der Waals surface area contributed by atoms with Gasteiger partial charge in [-0.05, 0) is 13.3 Å². The van der Waals surface area contributed by atoms with Gasteiger partial charge in [-0.3, -0.25) is 4.79 Å². The van der Waals surface area contributed by atoms with Crippen LogP contribution in [0.15, 0.2) is 6.20 Å². The van der Waals surface area contributed by atoms with E-state index in [-0.39, 0.29) is 5.91 Å². The molecule has 3 heterocycles. The van der Waals surface area contributed by atoms with E-state index in [1.165, 1.54) is 0 Å². The molecule has 1 unspecified atom stereocenters. The molecule has 19 heavy (non-hydrogen) atoms. The Hall–Kier alpha value is -1.65. The predicted molar refractivity (Wildman–Crippen MR) is 77.1 cm³/mol. The van der Waals surface area contributed by atoms with Gasteiger partial charge in [-0.2, -0.15) is 0 Å². The second-order valence-electron chi connectivity index (χ2n) is 4.18. The molecule has 1 spiro atoms. The largest absolute Gasteiger partial charge is 0.355 e. The van der Waals surface area contributed by atoms with E-state index in [1.54, 1.807) is 0 Å². The number of hydrogen-bond acceptors (Lipinski definition) is 4. The zero-order valence-corrected chi connectivity index (χ0v) is 12.5. The van der Waals surface area contributed by atoms with Crippen molar-refractivity contribution in [3.63, 3.8) is 0 Å². The fraction of sp³-hybridized carbons (Fsp3) is 0.643. The molecule has 2 N–H and O–H groups in total. The van der Waals surface area contributed by atoms with Gasteiger partial charge < -0.3 is 10.6 Å². The molecule has 1 saturated heterocycles. The van der Waals surface area contributed by atoms with Crippen molar-refractivity contribution >= 4 is 11.7 Å². The van der Waals surface area contributed by atoms with Crippen molar-refractivity contribution < 1.29 is 4.79 Å². The van der Waals surface area contributed by atoms with Crippen LogP contribution in [-0.2, 0) is 11.2 Å². The highest BCUT2D eigenvalue weighted by Gasteiger charge is 2.47. The molecule has 0 saturated carbocycles. The van der Waals surface area contributed by atoms with Crippen molar-refractivity contribution in [2.75, 3.05) is 11.9 Å². The van der Waals surface area contributed by atoms with E-state index in [9.17, 15) is 4.79 Å². The van der Waals surface area contributed by atoms with Gasteiger partial charge in [-0.15, -0.1) is 0 Å². The maximum absolute atomic E-state index is 11.7. The molecular formula is C14H24N4O. The fourth-order valence-electron chi connectivity index (χ4n) is 2.29. The molecule has 0 bridgehead atoms. The van der Waals surface area contributed by atoms with Gasteiger partial charge in [0.25, 0.3) is 0 Å². The van der Waals surface area contributed by atoms with Crippen LogP contribution in [0.3, 0.4) is 0 Å². The zero-order chi connectivity index (χ0) is 14.5. The Bertz CT molecular complexity index is 447. The molecule has 106 valence electrons. The Labute approximate surface area is 115 Å². The SMILES string of the molecule is CC.CC.Cc1ncc2c(n1)NC1(CCNC1=O)C2. The maximum atomic E-state index is 11.7. The van der Waals surface area contributed by atoms with Crippen molar-refractivity contribution in [3.05, 3.63) is 17.6 Å². The normalized spacial score (nSPS) is 22.5. The first-order chi connectivity index (χ1) is 9.20. The number of rotatable bonds is 0. The van der Waals surface area contributed by atoms with E-state index in [2.05, 4.69) is 20.6 Å². The first-order valence-electron chi connectivity index (χ1n) is 7.09. The van der Waals surface area contributed by atoms with E-state index >= 15 is 0 Å². The summed E-state index contributed by atoms with van der Waals surface area (Å²) in [5.41, 5.74) is 0.586. The van der Waals surface area contributed by atoms with Crippen LogP contribution < -0.4 is 10.6 Å². The molecule has 2 aliphatic heterocycles. The predicted octanol–water partition coefficient (Wildman–Crippen LogP) is 2.06. The third-order valence-electron chi connectivity index (χ3n) is 3.11.